The molecule has 170 valence electrons. The molecular formula is C26H27FN4O2. The fourth-order valence-electron chi connectivity index (χ4n) is 4.24. The molecule has 3 aromatic rings. The van der Waals surface area contributed by atoms with Crippen molar-refractivity contribution in [3.05, 3.63) is 83.7 Å². The lowest BCUT2D eigenvalue weighted by atomic mass is 9.93. The van der Waals surface area contributed by atoms with Crippen LogP contribution in [0.3, 0.4) is 0 Å². The average molecular weight is 447 g/mol. The molecule has 0 aliphatic carbocycles. The molecule has 6 nitrogen and oxygen atoms in total. The summed E-state index contributed by atoms with van der Waals surface area (Å²) in [5.74, 6) is -0.661. The fourth-order valence-corrected chi connectivity index (χ4v) is 4.24. The Morgan fingerprint density at radius 2 is 1.82 bits per heavy atom. The van der Waals surface area contributed by atoms with Gasteiger partial charge in [-0.3, -0.25) is 14.6 Å². The van der Waals surface area contributed by atoms with Gasteiger partial charge in [0, 0.05) is 32.3 Å². The van der Waals surface area contributed by atoms with Gasteiger partial charge in [0.25, 0.3) is 5.91 Å². The highest BCUT2D eigenvalue weighted by Gasteiger charge is 2.38. The Morgan fingerprint density at radius 1 is 1.06 bits per heavy atom. The number of piperazine rings is 1. The molecule has 1 saturated heterocycles. The van der Waals surface area contributed by atoms with Gasteiger partial charge in [-0.15, -0.1) is 0 Å². The van der Waals surface area contributed by atoms with Crippen molar-refractivity contribution in [2.45, 2.75) is 32.7 Å². The highest BCUT2D eigenvalue weighted by atomic mass is 19.1. The van der Waals surface area contributed by atoms with E-state index in [-0.39, 0.29) is 23.3 Å². The van der Waals surface area contributed by atoms with Gasteiger partial charge in [-0.25, -0.2) is 9.37 Å². The van der Waals surface area contributed by atoms with E-state index in [9.17, 15) is 14.0 Å². The minimum Gasteiger partial charge on any atom is -0.339 e. The van der Waals surface area contributed by atoms with Crippen LogP contribution in [0, 0.1) is 12.7 Å². The largest absolute Gasteiger partial charge is 0.339 e. The predicted molar refractivity (Wildman–Crippen MR) is 124 cm³/mol. The maximum Gasteiger partial charge on any atom is 0.274 e. The summed E-state index contributed by atoms with van der Waals surface area (Å²) < 4.78 is 13.5. The summed E-state index contributed by atoms with van der Waals surface area (Å²) in [5, 5.41) is 0. The monoisotopic (exact) mass is 446 g/mol. The van der Waals surface area contributed by atoms with Gasteiger partial charge in [0.05, 0.1) is 11.9 Å². The van der Waals surface area contributed by atoms with Crippen LogP contribution in [0.15, 0.2) is 60.9 Å². The topological polar surface area (TPSA) is 66.4 Å². The molecule has 1 aromatic heterocycles. The minimum absolute atomic E-state index is 0.0644. The highest BCUT2D eigenvalue weighted by Crippen LogP contribution is 2.27. The Labute approximate surface area is 193 Å². The van der Waals surface area contributed by atoms with Gasteiger partial charge < -0.3 is 9.80 Å². The number of halogens is 1. The number of amides is 2. The average Bonchev–Trinajstić information content (AvgIpc) is 2.83. The SMILES string of the molecule is CCCN1CCN(C(=O)c2cnc(C)cn2)C(Cc2ccccc2-c2ccc(F)cc2)C1=O. The highest BCUT2D eigenvalue weighted by molar-refractivity contribution is 5.97. The van der Waals surface area contributed by atoms with Crippen LogP contribution in [-0.4, -0.2) is 57.3 Å². The number of aryl methyl sites for hydroxylation is 1. The van der Waals surface area contributed by atoms with Gasteiger partial charge in [0.2, 0.25) is 5.91 Å². The second kappa shape index (κ2) is 9.90. The van der Waals surface area contributed by atoms with Crippen LogP contribution in [-0.2, 0) is 11.2 Å². The van der Waals surface area contributed by atoms with Gasteiger partial charge in [-0.1, -0.05) is 43.3 Å². The third-order valence-corrected chi connectivity index (χ3v) is 5.92. The number of benzene rings is 2. The number of hydrogen-bond donors (Lipinski definition) is 0. The molecule has 0 spiro atoms. The van der Waals surface area contributed by atoms with Gasteiger partial charge in [0.15, 0.2) is 0 Å². The molecule has 2 amide bonds. The van der Waals surface area contributed by atoms with E-state index in [1.165, 1.54) is 18.3 Å². The van der Waals surface area contributed by atoms with Gasteiger partial charge in [-0.05, 0) is 42.2 Å². The van der Waals surface area contributed by atoms with E-state index in [0.29, 0.717) is 26.1 Å². The van der Waals surface area contributed by atoms with E-state index in [1.54, 1.807) is 23.2 Å². The molecule has 0 radical (unpaired) electrons. The zero-order chi connectivity index (χ0) is 23.4. The second-order valence-electron chi connectivity index (χ2n) is 8.25. The smallest absolute Gasteiger partial charge is 0.274 e. The normalized spacial score (nSPS) is 16.2. The second-order valence-corrected chi connectivity index (χ2v) is 8.25. The van der Waals surface area contributed by atoms with E-state index in [2.05, 4.69) is 9.97 Å². The predicted octanol–water partition coefficient (Wildman–Crippen LogP) is 3.90. The Kier molecular flexibility index (Phi) is 6.77. The molecule has 1 unspecified atom stereocenters. The Bertz CT molecular complexity index is 1130. The molecule has 1 aliphatic heterocycles. The van der Waals surface area contributed by atoms with Crippen LogP contribution in [0.4, 0.5) is 4.39 Å². The van der Waals surface area contributed by atoms with Crippen molar-refractivity contribution in [2.24, 2.45) is 0 Å². The third kappa shape index (κ3) is 4.92. The van der Waals surface area contributed by atoms with Crippen molar-refractivity contribution in [3.63, 3.8) is 0 Å². The van der Waals surface area contributed by atoms with Crippen LogP contribution in [0.5, 0.6) is 0 Å². The van der Waals surface area contributed by atoms with Crippen molar-refractivity contribution in [1.82, 2.24) is 19.8 Å². The summed E-state index contributed by atoms with van der Waals surface area (Å²) >= 11 is 0. The van der Waals surface area contributed by atoms with Crippen LogP contribution in [0.1, 0.15) is 35.1 Å². The first-order valence-electron chi connectivity index (χ1n) is 11.2. The van der Waals surface area contributed by atoms with Gasteiger partial charge in [0.1, 0.15) is 17.6 Å². The first-order chi connectivity index (χ1) is 16.0. The molecule has 0 saturated carbocycles. The Morgan fingerprint density at radius 3 is 2.52 bits per heavy atom. The number of carbonyl (C=O) groups is 2. The Hall–Kier alpha value is -3.61. The number of nitrogens with zero attached hydrogens (tertiary/aromatic N) is 4. The molecule has 7 heteroatoms. The summed E-state index contributed by atoms with van der Waals surface area (Å²) in [7, 11) is 0. The van der Waals surface area contributed by atoms with Crippen molar-refractivity contribution in [1.29, 1.82) is 0 Å². The van der Waals surface area contributed by atoms with E-state index in [4.69, 9.17) is 0 Å². The quantitative estimate of drug-likeness (QED) is 0.576. The lowest BCUT2D eigenvalue weighted by Crippen LogP contribution is -2.59. The fraction of sp³-hybridized carbons (Fsp3) is 0.308. The summed E-state index contributed by atoms with van der Waals surface area (Å²) in [4.78, 5) is 38.7. The van der Waals surface area contributed by atoms with Crippen LogP contribution >= 0.6 is 0 Å². The number of hydrogen-bond acceptors (Lipinski definition) is 4. The molecule has 1 atom stereocenters. The number of aromatic nitrogens is 2. The molecule has 2 heterocycles. The molecule has 1 fully saturated rings. The third-order valence-electron chi connectivity index (χ3n) is 5.92. The van der Waals surface area contributed by atoms with Crippen LogP contribution in [0.2, 0.25) is 0 Å². The van der Waals surface area contributed by atoms with E-state index in [1.807, 2.05) is 43.0 Å². The number of rotatable bonds is 6. The maximum absolute atomic E-state index is 13.5. The zero-order valence-corrected chi connectivity index (χ0v) is 18.9. The lowest BCUT2D eigenvalue weighted by Gasteiger charge is -2.40. The molecule has 2 aromatic carbocycles. The first kappa shape index (κ1) is 22.6. The Balaban J connectivity index is 1.68. The minimum atomic E-state index is -0.650. The molecule has 4 rings (SSSR count). The van der Waals surface area contributed by atoms with E-state index >= 15 is 0 Å². The molecule has 0 N–H and O–H groups in total. The zero-order valence-electron chi connectivity index (χ0n) is 18.9. The van der Waals surface area contributed by atoms with Crippen molar-refractivity contribution >= 4 is 11.8 Å². The summed E-state index contributed by atoms with van der Waals surface area (Å²) in [6.45, 7) is 5.42. The maximum atomic E-state index is 13.5. The van der Waals surface area contributed by atoms with Crippen LogP contribution < -0.4 is 0 Å². The van der Waals surface area contributed by atoms with Gasteiger partial charge in [-0.2, -0.15) is 0 Å². The van der Waals surface area contributed by atoms with Crippen LogP contribution in [0.25, 0.3) is 11.1 Å². The lowest BCUT2D eigenvalue weighted by molar-refractivity contribution is -0.140. The number of carbonyl (C=O) groups excluding carboxylic acids is 2. The van der Waals surface area contributed by atoms with Crippen molar-refractivity contribution in [3.8, 4) is 11.1 Å². The molecule has 1 aliphatic rings. The molecule has 33 heavy (non-hydrogen) atoms. The van der Waals surface area contributed by atoms with E-state index in [0.717, 1.165) is 28.8 Å². The standard InChI is InChI=1S/C26H27FN4O2/c1-3-12-30-13-14-31(25(32)23-17-28-18(2)16-29-23)24(26(30)33)15-20-6-4-5-7-22(20)19-8-10-21(27)11-9-19/h4-11,16-17,24H,3,12-15H2,1-2H3. The van der Waals surface area contributed by atoms with Gasteiger partial charge >= 0.3 is 0 Å². The van der Waals surface area contributed by atoms with Crippen molar-refractivity contribution < 1.29 is 14.0 Å². The van der Waals surface area contributed by atoms with E-state index < -0.39 is 6.04 Å². The summed E-state index contributed by atoms with van der Waals surface area (Å²) in [6, 6.07) is 13.4. The summed E-state index contributed by atoms with van der Waals surface area (Å²) in [6.07, 6.45) is 4.23. The molecule has 0 bridgehead atoms. The summed E-state index contributed by atoms with van der Waals surface area (Å²) in [5.41, 5.74) is 3.66. The molecular weight excluding hydrogens is 419 g/mol. The van der Waals surface area contributed by atoms with Crippen molar-refractivity contribution in [2.75, 3.05) is 19.6 Å². The first-order valence-corrected chi connectivity index (χ1v) is 11.2.